The summed E-state index contributed by atoms with van der Waals surface area (Å²) < 4.78 is 5.17. The Kier molecular flexibility index (Phi) is 3.73. The molecule has 14 heavy (non-hydrogen) atoms. The normalized spacial score (nSPS) is 10.1. The maximum Gasteiger partial charge on any atom is 0.142 e. The van der Waals surface area contributed by atoms with Gasteiger partial charge in [0.15, 0.2) is 0 Å². The largest absolute Gasteiger partial charge is 0.495 e. The number of nitrogens with one attached hydrogen (secondary N) is 1. The van der Waals surface area contributed by atoms with Gasteiger partial charge in [-0.3, -0.25) is 4.79 Å². The summed E-state index contributed by atoms with van der Waals surface area (Å²) in [5.41, 5.74) is 1.86. The van der Waals surface area contributed by atoms with Gasteiger partial charge in [0.2, 0.25) is 0 Å². The Bertz CT molecular complexity index is 345. The summed E-state index contributed by atoms with van der Waals surface area (Å²) in [7, 11) is 3.45. The minimum absolute atomic E-state index is 0.748. The number of hydrogen-bond donors (Lipinski definition) is 1. The van der Waals surface area contributed by atoms with Crippen LogP contribution < -0.4 is 10.1 Å². The Balaban J connectivity index is 3.00. The SMILES string of the molecule is CNc1ccc(/C=C/C=O)cc1OC. The molecule has 1 rings (SSSR count). The minimum Gasteiger partial charge on any atom is -0.495 e. The van der Waals surface area contributed by atoms with Crippen LogP contribution in [0.3, 0.4) is 0 Å². The molecule has 0 spiro atoms. The van der Waals surface area contributed by atoms with Crippen LogP contribution in [-0.2, 0) is 4.79 Å². The summed E-state index contributed by atoms with van der Waals surface area (Å²) >= 11 is 0. The molecule has 0 heterocycles. The predicted octanol–water partition coefficient (Wildman–Crippen LogP) is 1.95. The van der Waals surface area contributed by atoms with E-state index in [2.05, 4.69) is 5.32 Å². The number of hydrogen-bond acceptors (Lipinski definition) is 3. The molecular weight excluding hydrogens is 178 g/mol. The molecule has 3 nitrogen and oxygen atoms in total. The first-order valence-electron chi connectivity index (χ1n) is 4.29. The molecule has 74 valence electrons. The molecule has 0 aromatic heterocycles. The third-order valence-corrected chi connectivity index (χ3v) is 1.86. The van der Waals surface area contributed by atoms with Crippen molar-refractivity contribution >= 4 is 18.0 Å². The lowest BCUT2D eigenvalue weighted by Crippen LogP contribution is -1.93. The third-order valence-electron chi connectivity index (χ3n) is 1.86. The Morgan fingerprint density at radius 3 is 2.79 bits per heavy atom. The second kappa shape index (κ2) is 5.07. The second-order valence-corrected chi connectivity index (χ2v) is 2.70. The number of allylic oxidation sites excluding steroid dienone is 1. The van der Waals surface area contributed by atoms with Gasteiger partial charge in [-0.25, -0.2) is 0 Å². The highest BCUT2D eigenvalue weighted by atomic mass is 16.5. The van der Waals surface area contributed by atoms with Gasteiger partial charge < -0.3 is 10.1 Å². The van der Waals surface area contributed by atoms with E-state index < -0.39 is 0 Å². The van der Waals surface area contributed by atoms with Crippen molar-refractivity contribution in [1.82, 2.24) is 0 Å². The van der Waals surface area contributed by atoms with Crippen molar-refractivity contribution in [2.75, 3.05) is 19.5 Å². The first kappa shape index (κ1) is 10.3. The van der Waals surface area contributed by atoms with Gasteiger partial charge in [-0.2, -0.15) is 0 Å². The van der Waals surface area contributed by atoms with E-state index in [9.17, 15) is 4.79 Å². The molecule has 1 aromatic carbocycles. The van der Waals surface area contributed by atoms with E-state index in [-0.39, 0.29) is 0 Å². The highest BCUT2D eigenvalue weighted by Crippen LogP contribution is 2.25. The van der Waals surface area contributed by atoms with Crippen molar-refractivity contribution in [1.29, 1.82) is 0 Å². The van der Waals surface area contributed by atoms with Gasteiger partial charge in [-0.15, -0.1) is 0 Å². The van der Waals surface area contributed by atoms with E-state index in [1.807, 2.05) is 25.2 Å². The number of methoxy groups -OCH3 is 1. The van der Waals surface area contributed by atoms with Crippen molar-refractivity contribution in [2.45, 2.75) is 0 Å². The average molecular weight is 191 g/mol. The zero-order chi connectivity index (χ0) is 10.4. The smallest absolute Gasteiger partial charge is 0.142 e. The van der Waals surface area contributed by atoms with E-state index >= 15 is 0 Å². The summed E-state index contributed by atoms with van der Waals surface area (Å²) in [4.78, 5) is 10.1. The topological polar surface area (TPSA) is 38.3 Å². The van der Waals surface area contributed by atoms with Crippen LogP contribution in [0.4, 0.5) is 5.69 Å². The van der Waals surface area contributed by atoms with Crippen LogP contribution in [0.2, 0.25) is 0 Å². The lowest BCUT2D eigenvalue weighted by Gasteiger charge is -2.08. The quantitative estimate of drug-likeness (QED) is 0.584. The van der Waals surface area contributed by atoms with Gasteiger partial charge in [0.25, 0.3) is 0 Å². The van der Waals surface area contributed by atoms with Crippen LogP contribution in [-0.4, -0.2) is 20.4 Å². The third kappa shape index (κ3) is 2.36. The molecule has 0 saturated carbocycles. The summed E-state index contributed by atoms with van der Waals surface area (Å²) in [5.74, 6) is 0.764. The highest BCUT2D eigenvalue weighted by Gasteiger charge is 2.00. The molecule has 0 atom stereocenters. The van der Waals surface area contributed by atoms with Crippen LogP contribution in [0.25, 0.3) is 6.08 Å². The molecule has 3 heteroatoms. The molecule has 0 saturated heterocycles. The maximum absolute atomic E-state index is 10.1. The summed E-state index contributed by atoms with van der Waals surface area (Å²) in [6.45, 7) is 0. The average Bonchev–Trinajstić information content (AvgIpc) is 2.25. The molecule has 0 aliphatic carbocycles. The van der Waals surface area contributed by atoms with E-state index in [1.165, 1.54) is 6.08 Å². The zero-order valence-corrected chi connectivity index (χ0v) is 8.28. The van der Waals surface area contributed by atoms with Crippen LogP contribution in [0.15, 0.2) is 24.3 Å². The summed E-state index contributed by atoms with van der Waals surface area (Å²) in [6.07, 6.45) is 3.93. The highest BCUT2D eigenvalue weighted by molar-refractivity contribution is 5.75. The molecule has 1 aromatic rings. The maximum atomic E-state index is 10.1. The minimum atomic E-state index is 0.748. The molecule has 0 bridgehead atoms. The first-order valence-corrected chi connectivity index (χ1v) is 4.29. The van der Waals surface area contributed by atoms with Gasteiger partial charge in [-0.1, -0.05) is 12.1 Å². The Morgan fingerprint density at radius 1 is 1.43 bits per heavy atom. The number of anilines is 1. The number of carbonyl (C=O) groups is 1. The number of aldehydes is 1. The van der Waals surface area contributed by atoms with Gasteiger partial charge in [0.05, 0.1) is 12.8 Å². The number of ether oxygens (including phenoxy) is 1. The van der Waals surface area contributed by atoms with Crippen molar-refractivity contribution in [3.8, 4) is 5.75 Å². The van der Waals surface area contributed by atoms with Crippen molar-refractivity contribution in [2.24, 2.45) is 0 Å². The molecule has 0 amide bonds. The lowest BCUT2D eigenvalue weighted by atomic mass is 10.2. The summed E-state index contributed by atoms with van der Waals surface area (Å²) in [6, 6.07) is 5.68. The number of carbonyl (C=O) groups excluding carboxylic acids is 1. The second-order valence-electron chi connectivity index (χ2n) is 2.70. The molecule has 0 unspecified atom stereocenters. The molecule has 0 aliphatic rings. The fraction of sp³-hybridized carbons (Fsp3) is 0.182. The number of rotatable bonds is 4. The van der Waals surface area contributed by atoms with Gasteiger partial charge in [0, 0.05) is 7.05 Å². The Labute approximate surface area is 83.4 Å². The van der Waals surface area contributed by atoms with E-state index in [1.54, 1.807) is 13.2 Å². The monoisotopic (exact) mass is 191 g/mol. The Morgan fingerprint density at radius 2 is 2.21 bits per heavy atom. The van der Waals surface area contributed by atoms with Gasteiger partial charge in [-0.05, 0) is 23.8 Å². The van der Waals surface area contributed by atoms with Crippen molar-refractivity contribution < 1.29 is 9.53 Å². The molecule has 0 aliphatic heterocycles. The van der Waals surface area contributed by atoms with Gasteiger partial charge in [0.1, 0.15) is 12.0 Å². The summed E-state index contributed by atoms with van der Waals surface area (Å²) in [5, 5.41) is 3.01. The predicted molar refractivity (Wildman–Crippen MR) is 57.6 cm³/mol. The van der Waals surface area contributed by atoms with Crippen molar-refractivity contribution in [3.05, 3.63) is 29.8 Å². The molecule has 0 fully saturated rings. The fourth-order valence-electron chi connectivity index (χ4n) is 1.17. The zero-order valence-electron chi connectivity index (χ0n) is 8.28. The van der Waals surface area contributed by atoms with Crippen LogP contribution in [0.1, 0.15) is 5.56 Å². The molecule has 1 N–H and O–H groups in total. The van der Waals surface area contributed by atoms with E-state index in [4.69, 9.17) is 4.74 Å². The van der Waals surface area contributed by atoms with Crippen LogP contribution >= 0.6 is 0 Å². The van der Waals surface area contributed by atoms with Crippen LogP contribution in [0, 0.1) is 0 Å². The van der Waals surface area contributed by atoms with Crippen molar-refractivity contribution in [3.63, 3.8) is 0 Å². The first-order chi connectivity index (χ1) is 6.81. The standard InChI is InChI=1S/C11H13NO2/c1-12-10-6-5-9(4-3-7-13)8-11(10)14-2/h3-8,12H,1-2H3/b4-3+. The van der Waals surface area contributed by atoms with Gasteiger partial charge >= 0.3 is 0 Å². The molecular formula is C11H13NO2. The lowest BCUT2D eigenvalue weighted by molar-refractivity contribution is -0.104. The van der Waals surface area contributed by atoms with Crippen LogP contribution in [0.5, 0.6) is 5.75 Å². The van der Waals surface area contributed by atoms with E-state index in [0.29, 0.717) is 0 Å². The fourth-order valence-corrected chi connectivity index (χ4v) is 1.17. The molecule has 0 radical (unpaired) electrons. The Hall–Kier alpha value is -1.77. The number of benzene rings is 1. The van der Waals surface area contributed by atoms with E-state index in [0.717, 1.165) is 23.3 Å².